The van der Waals surface area contributed by atoms with E-state index in [-0.39, 0.29) is 17.4 Å². The number of nitrogens with one attached hydrogen (secondary N) is 2. The highest BCUT2D eigenvalue weighted by atomic mass is 16.1. The number of anilines is 1. The van der Waals surface area contributed by atoms with Gasteiger partial charge in [-0.1, -0.05) is 18.6 Å². The molecule has 0 atom stereocenters. The first kappa shape index (κ1) is 17.7. The molecular formula is C20H28N4O. The number of aromatic nitrogens is 2. The zero-order chi connectivity index (χ0) is 17.9. The van der Waals surface area contributed by atoms with Crippen molar-refractivity contribution in [2.24, 2.45) is 5.92 Å². The first-order valence-corrected chi connectivity index (χ1v) is 9.06. The molecule has 1 aromatic carbocycles. The molecule has 0 saturated heterocycles. The van der Waals surface area contributed by atoms with Crippen LogP contribution in [0, 0.1) is 5.92 Å². The van der Waals surface area contributed by atoms with Crippen molar-refractivity contribution in [1.29, 1.82) is 0 Å². The maximum Gasteiger partial charge on any atom is 0.227 e. The number of hydrogen-bond acceptors (Lipinski definition) is 3. The van der Waals surface area contributed by atoms with Crippen LogP contribution in [-0.2, 0) is 23.4 Å². The summed E-state index contributed by atoms with van der Waals surface area (Å²) in [5.74, 6) is 0.368. The molecule has 0 aliphatic heterocycles. The first-order chi connectivity index (χ1) is 11.9. The normalized spacial score (nSPS) is 15.0. The van der Waals surface area contributed by atoms with Crippen LogP contribution in [0.4, 0.5) is 5.69 Å². The van der Waals surface area contributed by atoms with E-state index in [1.807, 2.05) is 29.1 Å². The van der Waals surface area contributed by atoms with Crippen molar-refractivity contribution in [3.05, 3.63) is 47.8 Å². The number of carbonyl (C=O) groups is 1. The second-order valence-corrected chi connectivity index (χ2v) is 7.88. The van der Waals surface area contributed by atoms with Gasteiger partial charge >= 0.3 is 0 Å². The van der Waals surface area contributed by atoms with Crippen molar-refractivity contribution in [2.75, 3.05) is 5.32 Å². The van der Waals surface area contributed by atoms with Crippen molar-refractivity contribution < 1.29 is 4.79 Å². The molecular weight excluding hydrogens is 312 g/mol. The second kappa shape index (κ2) is 7.40. The topological polar surface area (TPSA) is 59.0 Å². The monoisotopic (exact) mass is 340 g/mol. The van der Waals surface area contributed by atoms with Crippen LogP contribution in [0.5, 0.6) is 0 Å². The van der Waals surface area contributed by atoms with Crippen LogP contribution < -0.4 is 10.6 Å². The summed E-state index contributed by atoms with van der Waals surface area (Å²) >= 11 is 0. The largest absolute Gasteiger partial charge is 0.326 e. The number of hydrogen-bond donors (Lipinski definition) is 2. The van der Waals surface area contributed by atoms with Crippen molar-refractivity contribution in [3.63, 3.8) is 0 Å². The average Bonchev–Trinajstić information content (AvgIpc) is 2.94. The van der Waals surface area contributed by atoms with Crippen LogP contribution in [0.1, 0.15) is 51.2 Å². The molecule has 3 rings (SSSR count). The predicted molar refractivity (Wildman–Crippen MR) is 100 cm³/mol. The van der Waals surface area contributed by atoms with E-state index in [1.165, 1.54) is 12.0 Å². The summed E-state index contributed by atoms with van der Waals surface area (Å²) < 4.78 is 1.99. The standard InChI is InChI=1S/C20H28N4O/c1-20(2,3)24-14-16(13-22-24)12-21-11-15-6-4-9-18(10-15)23-19(25)17-7-5-8-17/h4,6,9-10,13-14,17,21H,5,7-8,11-12H2,1-3H3,(H,23,25). The molecule has 2 N–H and O–H groups in total. The number of nitrogens with zero attached hydrogens (tertiary/aromatic N) is 2. The molecule has 2 aromatic rings. The molecule has 1 amide bonds. The fraction of sp³-hybridized carbons (Fsp3) is 0.500. The Kier molecular flexibility index (Phi) is 5.23. The lowest BCUT2D eigenvalue weighted by Gasteiger charge is -2.24. The third kappa shape index (κ3) is 4.69. The van der Waals surface area contributed by atoms with Gasteiger partial charge in [0.15, 0.2) is 0 Å². The van der Waals surface area contributed by atoms with Crippen LogP contribution >= 0.6 is 0 Å². The van der Waals surface area contributed by atoms with Crippen LogP contribution in [0.3, 0.4) is 0 Å². The van der Waals surface area contributed by atoms with Crippen LogP contribution in [0.15, 0.2) is 36.7 Å². The highest BCUT2D eigenvalue weighted by molar-refractivity contribution is 5.93. The average molecular weight is 340 g/mol. The quantitative estimate of drug-likeness (QED) is 0.843. The zero-order valence-corrected chi connectivity index (χ0v) is 15.4. The molecule has 1 aliphatic carbocycles. The van der Waals surface area contributed by atoms with E-state index in [4.69, 9.17) is 0 Å². The van der Waals surface area contributed by atoms with Gasteiger partial charge in [-0.25, -0.2) is 0 Å². The van der Waals surface area contributed by atoms with E-state index in [0.717, 1.165) is 37.2 Å². The molecule has 0 radical (unpaired) electrons. The van der Waals surface area contributed by atoms with E-state index in [1.54, 1.807) is 0 Å². The summed E-state index contributed by atoms with van der Waals surface area (Å²) in [7, 11) is 0. The zero-order valence-electron chi connectivity index (χ0n) is 15.4. The Morgan fingerprint density at radius 3 is 2.64 bits per heavy atom. The van der Waals surface area contributed by atoms with Crippen molar-refractivity contribution in [1.82, 2.24) is 15.1 Å². The maximum atomic E-state index is 12.1. The molecule has 5 nitrogen and oxygen atoms in total. The van der Waals surface area contributed by atoms with Gasteiger partial charge in [-0.2, -0.15) is 5.10 Å². The highest BCUT2D eigenvalue weighted by Crippen LogP contribution is 2.27. The minimum absolute atomic E-state index is 0.00518. The minimum Gasteiger partial charge on any atom is -0.326 e. The summed E-state index contributed by atoms with van der Waals surface area (Å²) in [4.78, 5) is 12.1. The lowest BCUT2D eigenvalue weighted by atomic mass is 9.85. The van der Waals surface area contributed by atoms with Gasteiger partial charge in [0.05, 0.1) is 11.7 Å². The van der Waals surface area contributed by atoms with E-state index in [9.17, 15) is 4.79 Å². The smallest absolute Gasteiger partial charge is 0.227 e. The molecule has 1 heterocycles. The number of benzene rings is 1. The van der Waals surface area contributed by atoms with Crippen molar-refractivity contribution >= 4 is 11.6 Å². The molecule has 134 valence electrons. The lowest BCUT2D eigenvalue weighted by Crippen LogP contribution is -2.28. The molecule has 1 saturated carbocycles. The van der Waals surface area contributed by atoms with Gasteiger partial charge in [0.1, 0.15) is 0 Å². The summed E-state index contributed by atoms with van der Waals surface area (Å²) in [6.45, 7) is 7.95. The molecule has 5 heteroatoms. The Morgan fingerprint density at radius 2 is 2.00 bits per heavy atom. The minimum atomic E-state index is 0.00518. The van der Waals surface area contributed by atoms with Gasteiger partial charge in [0, 0.05) is 36.5 Å². The Hall–Kier alpha value is -2.14. The van der Waals surface area contributed by atoms with Gasteiger partial charge in [0.2, 0.25) is 5.91 Å². The Morgan fingerprint density at radius 1 is 1.24 bits per heavy atom. The van der Waals surface area contributed by atoms with Crippen molar-refractivity contribution in [3.8, 4) is 0 Å². The van der Waals surface area contributed by atoms with Gasteiger partial charge in [-0.15, -0.1) is 0 Å². The number of amides is 1. The third-order valence-corrected chi connectivity index (χ3v) is 4.65. The highest BCUT2D eigenvalue weighted by Gasteiger charge is 2.25. The van der Waals surface area contributed by atoms with Crippen LogP contribution in [0.25, 0.3) is 0 Å². The van der Waals surface area contributed by atoms with E-state index in [0.29, 0.717) is 0 Å². The molecule has 0 unspecified atom stereocenters. The Labute approximate surface area is 149 Å². The lowest BCUT2D eigenvalue weighted by molar-refractivity contribution is -0.122. The van der Waals surface area contributed by atoms with E-state index >= 15 is 0 Å². The number of carbonyl (C=O) groups excluding carboxylic acids is 1. The Bertz CT molecular complexity index is 725. The first-order valence-electron chi connectivity index (χ1n) is 9.06. The molecule has 25 heavy (non-hydrogen) atoms. The van der Waals surface area contributed by atoms with Gasteiger partial charge < -0.3 is 10.6 Å². The molecule has 1 fully saturated rings. The SMILES string of the molecule is CC(C)(C)n1cc(CNCc2cccc(NC(=O)C3CCC3)c2)cn1. The van der Waals surface area contributed by atoms with Gasteiger partial charge in [-0.3, -0.25) is 9.48 Å². The van der Waals surface area contributed by atoms with Crippen molar-refractivity contribution in [2.45, 2.75) is 58.7 Å². The Balaban J connectivity index is 1.50. The summed E-state index contributed by atoms with van der Waals surface area (Å²) in [6.07, 6.45) is 7.22. The van der Waals surface area contributed by atoms with Gasteiger partial charge in [0.25, 0.3) is 0 Å². The second-order valence-electron chi connectivity index (χ2n) is 7.88. The maximum absolute atomic E-state index is 12.1. The van der Waals surface area contributed by atoms with E-state index < -0.39 is 0 Å². The fourth-order valence-electron chi connectivity index (χ4n) is 2.84. The van der Waals surface area contributed by atoms with Crippen LogP contribution in [0.2, 0.25) is 0 Å². The predicted octanol–water partition coefficient (Wildman–Crippen LogP) is 3.67. The summed E-state index contributed by atoms with van der Waals surface area (Å²) in [5.41, 5.74) is 3.22. The molecule has 0 spiro atoms. The number of rotatable bonds is 6. The van der Waals surface area contributed by atoms with E-state index in [2.05, 4.69) is 48.8 Å². The molecule has 0 bridgehead atoms. The molecule has 1 aliphatic rings. The summed E-state index contributed by atoms with van der Waals surface area (Å²) in [5, 5.41) is 10.9. The fourth-order valence-corrected chi connectivity index (χ4v) is 2.84. The van der Waals surface area contributed by atoms with Crippen LogP contribution in [-0.4, -0.2) is 15.7 Å². The van der Waals surface area contributed by atoms with Gasteiger partial charge in [-0.05, 0) is 51.3 Å². The molecule has 1 aromatic heterocycles. The third-order valence-electron chi connectivity index (χ3n) is 4.65. The summed E-state index contributed by atoms with van der Waals surface area (Å²) in [6, 6.07) is 8.06.